The predicted molar refractivity (Wildman–Crippen MR) is 99.9 cm³/mol. The minimum absolute atomic E-state index is 0.0648. The Kier molecular flexibility index (Phi) is 5.19. The molecule has 0 fully saturated rings. The van der Waals surface area contributed by atoms with Crippen LogP contribution in [-0.2, 0) is 6.42 Å². The van der Waals surface area contributed by atoms with E-state index in [0.29, 0.717) is 0 Å². The van der Waals surface area contributed by atoms with Crippen molar-refractivity contribution in [1.29, 1.82) is 0 Å². The van der Waals surface area contributed by atoms with E-state index >= 15 is 0 Å². The third-order valence-electron chi connectivity index (χ3n) is 4.02. The number of thioether (sulfide) groups is 1. The number of H-pyrrole nitrogens is 1. The van der Waals surface area contributed by atoms with Crippen molar-refractivity contribution in [3.8, 4) is 0 Å². The fraction of sp³-hybridized carbons (Fsp3) is 0.211. The van der Waals surface area contributed by atoms with Crippen LogP contribution in [0.3, 0.4) is 0 Å². The summed E-state index contributed by atoms with van der Waals surface area (Å²) < 4.78 is 0. The summed E-state index contributed by atoms with van der Waals surface area (Å²) in [6.45, 7) is 4.05. The number of imidazole rings is 1. The molecule has 1 N–H and O–H groups in total. The second kappa shape index (κ2) is 7.53. The van der Waals surface area contributed by atoms with Crippen molar-refractivity contribution < 1.29 is 4.92 Å². The molecule has 3 aromatic rings. The summed E-state index contributed by atoms with van der Waals surface area (Å²) in [5.74, 6) is 0. The highest BCUT2D eigenvalue weighted by atomic mass is 32.2. The third-order valence-corrected chi connectivity index (χ3v) is 5.06. The Morgan fingerprint density at radius 3 is 2.68 bits per heavy atom. The van der Waals surface area contributed by atoms with Crippen LogP contribution < -0.4 is 0 Å². The number of aromatic nitrogens is 2. The molecule has 0 aliphatic rings. The van der Waals surface area contributed by atoms with Crippen LogP contribution in [-0.4, -0.2) is 14.9 Å². The molecule has 1 unspecified atom stereocenters. The molecule has 3 rings (SSSR count). The lowest BCUT2D eigenvalue weighted by Crippen LogP contribution is -1.93. The Morgan fingerprint density at radius 2 is 1.96 bits per heavy atom. The van der Waals surface area contributed by atoms with Crippen molar-refractivity contribution >= 4 is 17.4 Å². The van der Waals surface area contributed by atoms with Gasteiger partial charge in [-0.05, 0) is 25.0 Å². The topological polar surface area (TPSA) is 71.8 Å². The molecular formula is C19H19N3O2S. The highest BCUT2D eigenvalue weighted by molar-refractivity contribution is 7.99. The molecule has 0 saturated carbocycles. The number of hydrogen-bond donors (Lipinski definition) is 1. The summed E-state index contributed by atoms with van der Waals surface area (Å²) >= 11 is 1.57. The number of aromatic amines is 1. The maximum Gasteiger partial charge on any atom is 0.269 e. The van der Waals surface area contributed by atoms with E-state index in [1.165, 1.54) is 11.6 Å². The van der Waals surface area contributed by atoms with Gasteiger partial charge in [-0.3, -0.25) is 10.1 Å². The number of hydrogen-bond acceptors (Lipinski definition) is 4. The number of nitro benzene ring substituents is 1. The Bertz CT molecular complexity index is 877. The van der Waals surface area contributed by atoms with E-state index in [9.17, 15) is 10.1 Å². The molecule has 1 heterocycles. The fourth-order valence-electron chi connectivity index (χ4n) is 2.61. The van der Waals surface area contributed by atoms with Crippen LogP contribution in [0.4, 0.5) is 5.69 Å². The summed E-state index contributed by atoms with van der Waals surface area (Å²) in [4.78, 5) is 18.6. The molecule has 0 amide bonds. The van der Waals surface area contributed by atoms with Gasteiger partial charge in [0.05, 0.1) is 10.6 Å². The Balaban J connectivity index is 1.74. The molecule has 2 aromatic carbocycles. The van der Waals surface area contributed by atoms with Gasteiger partial charge in [-0.15, -0.1) is 0 Å². The number of non-ortho nitro benzene ring substituents is 1. The zero-order valence-corrected chi connectivity index (χ0v) is 14.9. The lowest BCUT2D eigenvalue weighted by atomic mass is 10.1. The first-order valence-corrected chi connectivity index (χ1v) is 8.91. The van der Waals surface area contributed by atoms with Crippen molar-refractivity contribution in [2.24, 2.45) is 0 Å². The van der Waals surface area contributed by atoms with Gasteiger partial charge in [-0.2, -0.15) is 0 Å². The van der Waals surface area contributed by atoms with Crippen molar-refractivity contribution in [2.75, 3.05) is 0 Å². The average Bonchev–Trinajstić information content (AvgIpc) is 2.95. The normalized spacial score (nSPS) is 12.1. The van der Waals surface area contributed by atoms with Gasteiger partial charge in [0.25, 0.3) is 5.69 Å². The lowest BCUT2D eigenvalue weighted by Gasteiger charge is -2.09. The van der Waals surface area contributed by atoms with E-state index in [0.717, 1.165) is 28.5 Å². The summed E-state index contributed by atoms with van der Waals surface area (Å²) in [7, 11) is 0. The Hall–Kier alpha value is -2.60. The molecule has 128 valence electrons. The van der Waals surface area contributed by atoms with Crippen LogP contribution in [0.25, 0.3) is 0 Å². The van der Waals surface area contributed by atoms with E-state index in [2.05, 4.69) is 17.1 Å². The van der Waals surface area contributed by atoms with Gasteiger partial charge in [0, 0.05) is 29.5 Å². The molecule has 0 radical (unpaired) electrons. The fourth-order valence-corrected chi connectivity index (χ4v) is 3.60. The van der Waals surface area contributed by atoms with Gasteiger partial charge >= 0.3 is 0 Å². The summed E-state index contributed by atoms with van der Waals surface area (Å²) in [6, 6.07) is 17.0. The maximum atomic E-state index is 10.9. The molecule has 1 aromatic heterocycles. The molecule has 0 bridgehead atoms. The predicted octanol–water partition coefficient (Wildman–Crippen LogP) is 5.07. The van der Waals surface area contributed by atoms with E-state index in [4.69, 9.17) is 4.98 Å². The van der Waals surface area contributed by atoms with E-state index in [-0.39, 0.29) is 15.9 Å². The van der Waals surface area contributed by atoms with Crippen molar-refractivity contribution in [3.63, 3.8) is 0 Å². The van der Waals surface area contributed by atoms with Crippen molar-refractivity contribution in [2.45, 2.75) is 30.7 Å². The molecule has 5 nitrogen and oxygen atoms in total. The largest absolute Gasteiger partial charge is 0.337 e. The second-order valence-corrected chi connectivity index (χ2v) is 7.22. The number of benzene rings is 2. The second-order valence-electron chi connectivity index (χ2n) is 5.89. The maximum absolute atomic E-state index is 10.9. The summed E-state index contributed by atoms with van der Waals surface area (Å²) in [5.41, 5.74) is 4.33. The molecule has 25 heavy (non-hydrogen) atoms. The van der Waals surface area contributed by atoms with Crippen LogP contribution >= 0.6 is 11.8 Å². The van der Waals surface area contributed by atoms with Crippen molar-refractivity contribution in [1.82, 2.24) is 9.97 Å². The number of nitrogens with one attached hydrogen (secondary N) is 1. The highest BCUT2D eigenvalue weighted by Gasteiger charge is 2.15. The van der Waals surface area contributed by atoms with Gasteiger partial charge in [-0.25, -0.2) is 4.98 Å². The van der Waals surface area contributed by atoms with Crippen LogP contribution in [0.15, 0.2) is 59.8 Å². The van der Waals surface area contributed by atoms with Gasteiger partial charge < -0.3 is 4.98 Å². The molecular weight excluding hydrogens is 334 g/mol. The molecule has 0 spiro atoms. The van der Waals surface area contributed by atoms with E-state index < -0.39 is 0 Å². The van der Waals surface area contributed by atoms with E-state index in [1.807, 2.05) is 38.1 Å². The van der Waals surface area contributed by atoms with Crippen LogP contribution in [0.2, 0.25) is 0 Å². The highest BCUT2D eigenvalue weighted by Crippen LogP contribution is 2.35. The third kappa shape index (κ3) is 4.28. The minimum Gasteiger partial charge on any atom is -0.337 e. The quantitative estimate of drug-likeness (QED) is 0.381. The number of nitro groups is 1. The smallest absolute Gasteiger partial charge is 0.269 e. The molecule has 0 saturated heterocycles. The SMILES string of the molecule is Cc1[nH]c(SC(C)c2cccc([N+](=O)[O-])c2)nc1Cc1ccccc1. The average molecular weight is 353 g/mol. The van der Waals surface area contributed by atoms with E-state index in [1.54, 1.807) is 23.9 Å². The Morgan fingerprint density at radius 1 is 1.20 bits per heavy atom. The molecule has 1 atom stereocenters. The summed E-state index contributed by atoms with van der Waals surface area (Å²) in [5, 5.41) is 11.8. The molecule has 0 aliphatic heterocycles. The van der Waals surface area contributed by atoms with Crippen LogP contribution in [0, 0.1) is 17.0 Å². The zero-order chi connectivity index (χ0) is 17.8. The minimum atomic E-state index is -0.365. The Labute approximate surface area is 150 Å². The first-order valence-electron chi connectivity index (χ1n) is 8.03. The van der Waals surface area contributed by atoms with Gasteiger partial charge in [0.2, 0.25) is 0 Å². The summed E-state index contributed by atoms with van der Waals surface area (Å²) in [6.07, 6.45) is 0.787. The first kappa shape index (κ1) is 17.2. The monoisotopic (exact) mass is 353 g/mol. The zero-order valence-electron chi connectivity index (χ0n) is 14.1. The lowest BCUT2D eigenvalue weighted by molar-refractivity contribution is -0.384. The molecule has 0 aliphatic carbocycles. The van der Waals surface area contributed by atoms with Crippen molar-refractivity contribution in [3.05, 3.63) is 87.2 Å². The van der Waals surface area contributed by atoms with Crippen LogP contribution in [0.1, 0.15) is 34.7 Å². The number of nitrogens with zero attached hydrogens (tertiary/aromatic N) is 2. The first-order chi connectivity index (χ1) is 12.0. The number of aryl methyl sites for hydroxylation is 1. The van der Waals surface area contributed by atoms with Crippen LogP contribution in [0.5, 0.6) is 0 Å². The molecule has 6 heteroatoms. The van der Waals surface area contributed by atoms with Gasteiger partial charge in [0.15, 0.2) is 5.16 Å². The van der Waals surface area contributed by atoms with Gasteiger partial charge in [-0.1, -0.05) is 54.2 Å². The standard InChI is InChI=1S/C19H19N3O2S/c1-13-18(11-15-7-4-3-5-8-15)21-19(20-13)25-14(2)16-9-6-10-17(12-16)22(23)24/h3-10,12,14H,11H2,1-2H3,(H,20,21). The van der Waals surface area contributed by atoms with Gasteiger partial charge in [0.1, 0.15) is 0 Å². The number of rotatable bonds is 6.